The Morgan fingerprint density at radius 3 is 2.67 bits per heavy atom. The molecule has 2 aromatic rings. The largest absolute Gasteiger partial charge is 0.369 e. The van der Waals surface area contributed by atoms with E-state index in [9.17, 15) is 0 Å². The number of nitrogens with one attached hydrogen (secondary N) is 1. The highest BCUT2D eigenvalue weighted by molar-refractivity contribution is 6.35. The van der Waals surface area contributed by atoms with Crippen LogP contribution in [0.4, 0.5) is 11.4 Å². The summed E-state index contributed by atoms with van der Waals surface area (Å²) in [7, 11) is 0. The molecule has 0 aliphatic carbocycles. The van der Waals surface area contributed by atoms with Gasteiger partial charge in [-0.25, -0.2) is 4.99 Å². The smallest absolute Gasteiger partial charge is 0.198 e. The molecule has 21 heavy (non-hydrogen) atoms. The van der Waals surface area contributed by atoms with E-state index in [2.05, 4.69) is 23.3 Å². The van der Waals surface area contributed by atoms with Crippen LogP contribution in [0.3, 0.4) is 0 Å². The van der Waals surface area contributed by atoms with Crippen LogP contribution >= 0.6 is 35.6 Å². The van der Waals surface area contributed by atoms with Gasteiger partial charge in [-0.05, 0) is 42.3 Å². The first-order valence-electron chi connectivity index (χ1n) is 6.23. The zero-order valence-corrected chi connectivity index (χ0v) is 13.8. The number of nitrogens with zero attached hydrogens (tertiary/aromatic N) is 1. The van der Waals surface area contributed by atoms with Crippen molar-refractivity contribution in [3.8, 4) is 0 Å². The number of hydrogen-bond donors (Lipinski definition) is 2. The molecule has 0 aliphatic heterocycles. The second-order valence-corrected chi connectivity index (χ2v) is 5.12. The highest BCUT2D eigenvalue weighted by Crippen LogP contribution is 2.28. The molecule has 2 aromatic carbocycles. The molecular weight excluding hydrogens is 329 g/mol. The van der Waals surface area contributed by atoms with Crippen LogP contribution in [0.2, 0.25) is 10.0 Å². The van der Waals surface area contributed by atoms with Gasteiger partial charge in [0.1, 0.15) is 0 Å². The number of guanidine groups is 1. The standard InChI is InChI=1S/C15H15Cl2N3.ClH/c1-2-10-4-3-5-12(8-10)19-15(18)20-14-9-11(16)6-7-13(14)17;/h3-9H,2H2,1H3,(H3,18,19,20);1H. The lowest BCUT2D eigenvalue weighted by molar-refractivity contribution is 1.14. The average Bonchev–Trinajstić information content (AvgIpc) is 2.43. The Labute approximate surface area is 140 Å². The molecule has 0 bridgehead atoms. The molecule has 0 saturated heterocycles. The zero-order valence-electron chi connectivity index (χ0n) is 11.4. The summed E-state index contributed by atoms with van der Waals surface area (Å²) in [5.41, 5.74) is 8.54. The lowest BCUT2D eigenvalue weighted by Crippen LogP contribution is -2.22. The monoisotopic (exact) mass is 343 g/mol. The van der Waals surface area contributed by atoms with Crippen molar-refractivity contribution >= 4 is 52.9 Å². The van der Waals surface area contributed by atoms with Crippen LogP contribution in [0.25, 0.3) is 0 Å². The van der Waals surface area contributed by atoms with Gasteiger partial charge in [-0.2, -0.15) is 0 Å². The van der Waals surface area contributed by atoms with Crippen LogP contribution in [-0.4, -0.2) is 5.96 Å². The number of aryl methyl sites for hydroxylation is 1. The average molecular weight is 345 g/mol. The van der Waals surface area contributed by atoms with E-state index >= 15 is 0 Å². The van der Waals surface area contributed by atoms with Crippen molar-refractivity contribution in [3.05, 3.63) is 58.1 Å². The predicted molar refractivity (Wildman–Crippen MR) is 94.4 cm³/mol. The fourth-order valence-electron chi connectivity index (χ4n) is 1.75. The lowest BCUT2D eigenvalue weighted by atomic mass is 10.1. The third-order valence-corrected chi connectivity index (χ3v) is 3.31. The Bertz CT molecular complexity index is 642. The van der Waals surface area contributed by atoms with E-state index in [1.54, 1.807) is 18.2 Å². The molecule has 3 N–H and O–H groups in total. The zero-order chi connectivity index (χ0) is 14.5. The summed E-state index contributed by atoms with van der Waals surface area (Å²) in [5, 5.41) is 4.10. The van der Waals surface area contributed by atoms with E-state index in [1.165, 1.54) is 5.56 Å². The minimum Gasteiger partial charge on any atom is -0.369 e. The van der Waals surface area contributed by atoms with Crippen molar-refractivity contribution in [1.82, 2.24) is 0 Å². The molecule has 0 aromatic heterocycles. The van der Waals surface area contributed by atoms with Crippen LogP contribution in [0.5, 0.6) is 0 Å². The number of anilines is 1. The number of aliphatic imine (C=N–C) groups is 1. The van der Waals surface area contributed by atoms with Crippen LogP contribution in [0.15, 0.2) is 47.5 Å². The van der Waals surface area contributed by atoms with Crippen LogP contribution in [0.1, 0.15) is 12.5 Å². The fourth-order valence-corrected chi connectivity index (χ4v) is 2.07. The maximum Gasteiger partial charge on any atom is 0.198 e. The van der Waals surface area contributed by atoms with E-state index in [-0.39, 0.29) is 18.4 Å². The van der Waals surface area contributed by atoms with E-state index in [4.69, 9.17) is 28.9 Å². The molecular formula is C15H16Cl3N3. The lowest BCUT2D eigenvalue weighted by Gasteiger charge is -2.07. The Balaban J connectivity index is 0.00000220. The van der Waals surface area contributed by atoms with Gasteiger partial charge in [0.2, 0.25) is 0 Å². The summed E-state index contributed by atoms with van der Waals surface area (Å²) in [6.07, 6.45) is 0.965. The number of rotatable bonds is 3. The number of benzene rings is 2. The molecule has 0 aliphatic rings. The van der Waals surface area contributed by atoms with E-state index in [0.717, 1.165) is 12.1 Å². The summed E-state index contributed by atoms with van der Waals surface area (Å²) in [6, 6.07) is 13.1. The van der Waals surface area contributed by atoms with Gasteiger partial charge in [0.25, 0.3) is 0 Å². The first-order valence-corrected chi connectivity index (χ1v) is 6.99. The molecule has 112 valence electrons. The van der Waals surface area contributed by atoms with Crippen molar-refractivity contribution in [2.45, 2.75) is 13.3 Å². The van der Waals surface area contributed by atoms with Crippen LogP contribution < -0.4 is 11.1 Å². The normalized spacial score (nSPS) is 10.9. The fraction of sp³-hybridized carbons (Fsp3) is 0.133. The first kappa shape index (κ1) is 17.6. The quantitative estimate of drug-likeness (QED) is 0.605. The van der Waals surface area contributed by atoms with Gasteiger partial charge in [-0.15, -0.1) is 12.4 Å². The third kappa shape index (κ3) is 5.12. The molecule has 3 nitrogen and oxygen atoms in total. The molecule has 0 amide bonds. The van der Waals surface area contributed by atoms with Gasteiger partial charge in [0.05, 0.1) is 10.7 Å². The van der Waals surface area contributed by atoms with Gasteiger partial charge in [-0.3, -0.25) is 0 Å². The van der Waals surface area contributed by atoms with E-state index < -0.39 is 0 Å². The molecule has 6 heteroatoms. The van der Waals surface area contributed by atoms with Crippen molar-refractivity contribution in [3.63, 3.8) is 0 Å². The summed E-state index contributed by atoms with van der Waals surface area (Å²) in [4.78, 5) is 4.24. The number of nitrogens with two attached hydrogens (primary N) is 1. The second kappa shape index (κ2) is 8.13. The minimum absolute atomic E-state index is 0. The van der Waals surface area contributed by atoms with Crippen molar-refractivity contribution in [2.24, 2.45) is 10.7 Å². The highest BCUT2D eigenvalue weighted by atomic mass is 35.5. The molecule has 0 spiro atoms. The highest BCUT2D eigenvalue weighted by Gasteiger charge is 2.02. The predicted octanol–water partition coefficient (Wildman–Crippen LogP) is 5.04. The van der Waals surface area contributed by atoms with Gasteiger partial charge in [0, 0.05) is 10.7 Å². The third-order valence-electron chi connectivity index (χ3n) is 2.76. The summed E-state index contributed by atoms with van der Waals surface area (Å²) >= 11 is 12.0. The van der Waals surface area contributed by atoms with Crippen molar-refractivity contribution in [1.29, 1.82) is 0 Å². The van der Waals surface area contributed by atoms with Gasteiger partial charge in [-0.1, -0.05) is 42.3 Å². The molecule has 0 saturated carbocycles. The van der Waals surface area contributed by atoms with Crippen LogP contribution in [-0.2, 0) is 6.42 Å². The maximum absolute atomic E-state index is 6.04. The summed E-state index contributed by atoms with van der Waals surface area (Å²) < 4.78 is 0. The molecule has 0 atom stereocenters. The first-order chi connectivity index (χ1) is 9.58. The minimum atomic E-state index is 0. The molecule has 0 unspecified atom stereocenters. The topological polar surface area (TPSA) is 50.4 Å². The number of hydrogen-bond acceptors (Lipinski definition) is 1. The SMILES string of the molecule is CCc1cccc(NC(N)=Nc2cc(Cl)ccc2Cl)c1.Cl. The van der Waals surface area contributed by atoms with E-state index in [0.29, 0.717) is 15.7 Å². The van der Waals surface area contributed by atoms with Gasteiger partial charge >= 0.3 is 0 Å². The van der Waals surface area contributed by atoms with Crippen molar-refractivity contribution < 1.29 is 0 Å². The Morgan fingerprint density at radius 1 is 1.19 bits per heavy atom. The van der Waals surface area contributed by atoms with Crippen molar-refractivity contribution in [2.75, 3.05) is 5.32 Å². The molecule has 2 rings (SSSR count). The Kier molecular flexibility index (Phi) is 6.82. The summed E-state index contributed by atoms with van der Waals surface area (Å²) in [5.74, 6) is 0.266. The molecule has 0 fully saturated rings. The number of halogens is 3. The molecule has 0 heterocycles. The Hall–Kier alpha value is -1.42. The summed E-state index contributed by atoms with van der Waals surface area (Å²) in [6.45, 7) is 2.10. The maximum atomic E-state index is 6.04. The second-order valence-electron chi connectivity index (χ2n) is 4.27. The van der Waals surface area contributed by atoms with Crippen LogP contribution in [0, 0.1) is 0 Å². The van der Waals surface area contributed by atoms with Gasteiger partial charge < -0.3 is 11.1 Å². The molecule has 0 radical (unpaired) electrons. The Morgan fingerprint density at radius 2 is 1.95 bits per heavy atom. The van der Waals surface area contributed by atoms with E-state index in [1.807, 2.05) is 18.2 Å². The van der Waals surface area contributed by atoms with Gasteiger partial charge in [0.15, 0.2) is 5.96 Å².